The largest absolute Gasteiger partial charge is 0.508 e. The van der Waals surface area contributed by atoms with E-state index in [2.05, 4.69) is 10.6 Å². The van der Waals surface area contributed by atoms with Crippen LogP contribution in [0.4, 0.5) is 4.79 Å². The van der Waals surface area contributed by atoms with Gasteiger partial charge in [0.25, 0.3) is 0 Å². The first-order chi connectivity index (χ1) is 19.1. The molecule has 40 heavy (non-hydrogen) atoms. The number of nitrogens with zero attached hydrogens (tertiary/aromatic N) is 1. The van der Waals surface area contributed by atoms with Crippen molar-refractivity contribution in [3.8, 4) is 5.75 Å². The van der Waals surface area contributed by atoms with Crippen molar-refractivity contribution in [3.05, 3.63) is 102 Å². The number of carbonyl (C=O) groups is 3. The number of ether oxygens (including phenoxy) is 1. The molecule has 3 N–H and O–H groups in total. The molecule has 1 fully saturated rings. The summed E-state index contributed by atoms with van der Waals surface area (Å²) in [5.74, 6) is -0.563. The summed E-state index contributed by atoms with van der Waals surface area (Å²) in [6.07, 6.45) is 0.971. The predicted octanol–water partition coefficient (Wildman–Crippen LogP) is 4.88. The summed E-state index contributed by atoms with van der Waals surface area (Å²) in [5, 5.41) is 15.5. The lowest BCUT2D eigenvalue weighted by atomic mass is 10.00. The van der Waals surface area contributed by atoms with Gasteiger partial charge < -0.3 is 25.4 Å². The van der Waals surface area contributed by atoms with E-state index in [-0.39, 0.29) is 30.0 Å². The van der Waals surface area contributed by atoms with Crippen LogP contribution in [0.15, 0.2) is 84.9 Å². The van der Waals surface area contributed by atoms with E-state index in [1.807, 2.05) is 60.7 Å². The molecule has 0 aliphatic heterocycles. The van der Waals surface area contributed by atoms with Gasteiger partial charge in [-0.05, 0) is 62.4 Å². The third kappa shape index (κ3) is 8.09. The van der Waals surface area contributed by atoms with Crippen molar-refractivity contribution in [1.82, 2.24) is 15.5 Å². The van der Waals surface area contributed by atoms with E-state index in [1.54, 1.807) is 37.8 Å². The first-order valence-electron chi connectivity index (χ1n) is 13.6. The van der Waals surface area contributed by atoms with Gasteiger partial charge >= 0.3 is 6.09 Å². The molecule has 8 nitrogen and oxygen atoms in total. The molecule has 0 heterocycles. The van der Waals surface area contributed by atoms with Gasteiger partial charge in [0.2, 0.25) is 11.8 Å². The van der Waals surface area contributed by atoms with Crippen molar-refractivity contribution < 1.29 is 24.2 Å². The third-order valence-corrected chi connectivity index (χ3v) is 6.51. The van der Waals surface area contributed by atoms with Gasteiger partial charge in [0.05, 0.1) is 0 Å². The molecule has 3 amide bonds. The highest BCUT2D eigenvalue weighted by atomic mass is 16.6. The summed E-state index contributed by atoms with van der Waals surface area (Å²) < 4.78 is 5.47. The second-order valence-electron chi connectivity index (χ2n) is 11.1. The molecule has 3 aromatic carbocycles. The minimum Gasteiger partial charge on any atom is -0.508 e. The maximum atomic E-state index is 14.3. The van der Waals surface area contributed by atoms with Crippen LogP contribution in [0.2, 0.25) is 0 Å². The summed E-state index contributed by atoms with van der Waals surface area (Å²) >= 11 is 0. The molecule has 0 spiro atoms. The van der Waals surface area contributed by atoms with Gasteiger partial charge in [0.15, 0.2) is 0 Å². The van der Waals surface area contributed by atoms with Gasteiger partial charge in [0.1, 0.15) is 23.4 Å². The van der Waals surface area contributed by atoms with E-state index >= 15 is 0 Å². The minimum absolute atomic E-state index is 0.102. The number of benzene rings is 3. The summed E-state index contributed by atoms with van der Waals surface area (Å²) in [4.78, 5) is 42.6. The van der Waals surface area contributed by atoms with Crippen LogP contribution in [-0.2, 0) is 27.3 Å². The summed E-state index contributed by atoms with van der Waals surface area (Å²) in [5.41, 5.74) is 1.63. The van der Waals surface area contributed by atoms with Crippen LogP contribution in [0.3, 0.4) is 0 Å². The van der Waals surface area contributed by atoms with E-state index in [0.29, 0.717) is 12.1 Å². The number of nitrogens with one attached hydrogen (secondary N) is 2. The van der Waals surface area contributed by atoms with Crippen molar-refractivity contribution in [1.29, 1.82) is 0 Å². The molecule has 0 radical (unpaired) electrons. The number of rotatable bonds is 10. The maximum Gasteiger partial charge on any atom is 0.408 e. The van der Waals surface area contributed by atoms with Crippen LogP contribution in [0, 0.1) is 0 Å². The van der Waals surface area contributed by atoms with E-state index in [0.717, 1.165) is 24.0 Å². The van der Waals surface area contributed by atoms with Gasteiger partial charge in [0, 0.05) is 19.0 Å². The molecule has 210 valence electrons. The Morgan fingerprint density at radius 3 is 2.08 bits per heavy atom. The summed E-state index contributed by atoms with van der Waals surface area (Å²) in [7, 11) is 0. The second-order valence-corrected chi connectivity index (χ2v) is 11.1. The molecule has 0 bridgehead atoms. The molecular formula is C32H37N3O5. The van der Waals surface area contributed by atoms with Crippen molar-refractivity contribution in [2.24, 2.45) is 0 Å². The van der Waals surface area contributed by atoms with Crippen molar-refractivity contribution in [2.45, 2.75) is 70.3 Å². The van der Waals surface area contributed by atoms with Gasteiger partial charge in [-0.2, -0.15) is 0 Å². The van der Waals surface area contributed by atoms with Crippen molar-refractivity contribution in [3.63, 3.8) is 0 Å². The molecule has 4 rings (SSSR count). The first kappa shape index (κ1) is 28.7. The third-order valence-electron chi connectivity index (χ3n) is 6.51. The molecule has 1 aliphatic carbocycles. The maximum absolute atomic E-state index is 14.3. The number of hydrogen-bond acceptors (Lipinski definition) is 5. The molecule has 3 aromatic rings. The van der Waals surface area contributed by atoms with Crippen LogP contribution in [-0.4, -0.2) is 45.6 Å². The molecule has 1 aliphatic rings. The fourth-order valence-corrected chi connectivity index (χ4v) is 4.52. The van der Waals surface area contributed by atoms with Crippen LogP contribution in [0.1, 0.15) is 56.3 Å². The quantitative estimate of drug-likeness (QED) is 0.338. The fraction of sp³-hybridized carbons (Fsp3) is 0.344. The van der Waals surface area contributed by atoms with Gasteiger partial charge in [-0.25, -0.2) is 4.79 Å². The number of phenolic OH excluding ortho intramolecular Hbond substituents is 1. The van der Waals surface area contributed by atoms with E-state index in [9.17, 15) is 19.5 Å². The monoisotopic (exact) mass is 543 g/mol. The molecule has 8 heteroatoms. The van der Waals surface area contributed by atoms with Crippen molar-refractivity contribution in [2.75, 3.05) is 0 Å². The molecule has 2 unspecified atom stereocenters. The Morgan fingerprint density at radius 2 is 1.50 bits per heavy atom. The van der Waals surface area contributed by atoms with Gasteiger partial charge in [-0.3, -0.25) is 9.59 Å². The number of aromatic hydroxyl groups is 1. The molecule has 2 atom stereocenters. The SMILES string of the molecule is CC(C)(C)OC(=O)NC(Cc1ccc(O)cc1)C(=O)N(C1CC1)C(C(=O)NCc1ccccc1)c1ccccc1. The zero-order valence-electron chi connectivity index (χ0n) is 23.2. The fourth-order valence-electron chi connectivity index (χ4n) is 4.52. The predicted molar refractivity (Wildman–Crippen MR) is 152 cm³/mol. The zero-order valence-corrected chi connectivity index (χ0v) is 23.2. The van der Waals surface area contributed by atoms with E-state index < -0.39 is 23.8 Å². The number of phenols is 1. The smallest absolute Gasteiger partial charge is 0.408 e. The highest BCUT2D eigenvalue weighted by molar-refractivity contribution is 5.92. The standard InChI is InChI=1S/C32H37N3O5/c1-32(2,3)40-31(39)34-27(20-22-14-18-26(36)19-15-22)30(38)35(25-16-17-25)28(24-12-8-5-9-13-24)29(37)33-21-23-10-6-4-7-11-23/h4-15,18-19,25,27-28,36H,16-17,20-21H2,1-3H3,(H,33,37)(H,34,39). The Hall–Kier alpha value is -4.33. The van der Waals surface area contributed by atoms with E-state index in [4.69, 9.17) is 4.74 Å². The average Bonchev–Trinajstić information content (AvgIpc) is 3.76. The number of amides is 3. The Balaban J connectivity index is 1.65. The first-order valence-corrected chi connectivity index (χ1v) is 13.6. The Bertz CT molecular complexity index is 1290. The average molecular weight is 544 g/mol. The zero-order chi connectivity index (χ0) is 28.7. The number of hydrogen-bond donors (Lipinski definition) is 3. The topological polar surface area (TPSA) is 108 Å². The Morgan fingerprint density at radius 1 is 0.900 bits per heavy atom. The van der Waals surface area contributed by atoms with Crippen LogP contribution < -0.4 is 10.6 Å². The highest BCUT2D eigenvalue weighted by Gasteiger charge is 2.44. The minimum atomic E-state index is -0.992. The van der Waals surface area contributed by atoms with Crippen LogP contribution in [0.5, 0.6) is 5.75 Å². The van der Waals surface area contributed by atoms with Crippen LogP contribution in [0.25, 0.3) is 0 Å². The lowest BCUT2D eigenvalue weighted by molar-refractivity contribution is -0.143. The normalized spacial score (nSPS) is 14.5. The van der Waals surface area contributed by atoms with E-state index in [1.165, 1.54) is 12.1 Å². The summed E-state index contributed by atoms with van der Waals surface area (Å²) in [6.45, 7) is 5.58. The molecule has 0 saturated heterocycles. The van der Waals surface area contributed by atoms with Crippen LogP contribution >= 0.6 is 0 Å². The molecule has 1 saturated carbocycles. The number of carbonyl (C=O) groups excluding carboxylic acids is 3. The van der Waals surface area contributed by atoms with Gasteiger partial charge in [-0.15, -0.1) is 0 Å². The summed E-state index contributed by atoms with van der Waals surface area (Å²) in [6, 6.07) is 23.3. The molecule has 0 aromatic heterocycles. The van der Waals surface area contributed by atoms with Gasteiger partial charge in [-0.1, -0.05) is 72.8 Å². The lowest BCUT2D eigenvalue weighted by Crippen LogP contribution is -2.54. The second kappa shape index (κ2) is 12.7. The Labute approximate surface area is 235 Å². The highest BCUT2D eigenvalue weighted by Crippen LogP contribution is 2.36. The molecular weight excluding hydrogens is 506 g/mol. The van der Waals surface area contributed by atoms with Crippen molar-refractivity contribution >= 4 is 17.9 Å². The number of alkyl carbamates (subject to hydrolysis) is 1. The Kier molecular flexibility index (Phi) is 9.09. The lowest BCUT2D eigenvalue weighted by Gasteiger charge is -2.34.